The Labute approximate surface area is 79.7 Å². The average molecular weight is 185 g/mol. The summed E-state index contributed by atoms with van der Waals surface area (Å²) in [5.74, 6) is 0.363. The Morgan fingerprint density at radius 1 is 1.54 bits per heavy atom. The first-order chi connectivity index (χ1) is 6.29. The van der Waals surface area contributed by atoms with E-state index in [4.69, 9.17) is 5.11 Å². The van der Waals surface area contributed by atoms with Gasteiger partial charge in [-0.2, -0.15) is 0 Å². The summed E-state index contributed by atoms with van der Waals surface area (Å²) in [7, 11) is 0. The minimum atomic E-state index is 0.104. The molecule has 0 spiro atoms. The van der Waals surface area contributed by atoms with E-state index in [0.717, 1.165) is 32.2 Å². The van der Waals surface area contributed by atoms with Crippen molar-refractivity contribution in [2.24, 2.45) is 0 Å². The molecule has 13 heavy (non-hydrogen) atoms. The van der Waals surface area contributed by atoms with Gasteiger partial charge in [0, 0.05) is 13.0 Å². The third-order valence-corrected chi connectivity index (χ3v) is 2.61. The molecule has 3 heteroatoms. The fraction of sp³-hybridized carbons (Fsp3) is 0.900. The number of rotatable bonds is 5. The molecule has 1 N–H and O–H groups in total. The van der Waals surface area contributed by atoms with Crippen LogP contribution in [0.1, 0.15) is 32.6 Å². The molecule has 0 amide bonds. The summed E-state index contributed by atoms with van der Waals surface area (Å²) in [5, 5.41) is 8.86. The van der Waals surface area contributed by atoms with Crippen LogP contribution in [-0.2, 0) is 4.79 Å². The predicted octanol–water partition coefficient (Wildman–Crippen LogP) is 0.812. The number of carbonyl (C=O) groups excluding carboxylic acids is 1. The first kappa shape index (κ1) is 10.7. The Morgan fingerprint density at radius 3 is 2.77 bits per heavy atom. The lowest BCUT2D eigenvalue weighted by atomic mass is 10.2. The summed E-state index contributed by atoms with van der Waals surface area (Å²) in [6, 6.07) is 0.104. The van der Waals surface area contributed by atoms with E-state index in [0.29, 0.717) is 12.3 Å². The number of carbonyl (C=O) groups is 1. The molecule has 1 fully saturated rings. The zero-order valence-electron chi connectivity index (χ0n) is 8.33. The average Bonchev–Trinajstić information content (AvgIpc) is 2.51. The van der Waals surface area contributed by atoms with Crippen LogP contribution in [0.3, 0.4) is 0 Å². The van der Waals surface area contributed by atoms with Crippen molar-refractivity contribution in [3.63, 3.8) is 0 Å². The number of ketones is 1. The van der Waals surface area contributed by atoms with Gasteiger partial charge in [0.15, 0.2) is 0 Å². The van der Waals surface area contributed by atoms with Crippen LogP contribution in [0.25, 0.3) is 0 Å². The molecule has 1 aliphatic carbocycles. The SMILES string of the molecule is CCCN(CCO)C1CCCC1=O. The Morgan fingerprint density at radius 2 is 2.31 bits per heavy atom. The van der Waals surface area contributed by atoms with Gasteiger partial charge in [0.2, 0.25) is 0 Å². The monoisotopic (exact) mass is 185 g/mol. The van der Waals surface area contributed by atoms with Gasteiger partial charge in [-0.3, -0.25) is 9.69 Å². The molecule has 0 aromatic rings. The van der Waals surface area contributed by atoms with Crippen molar-refractivity contribution in [3.05, 3.63) is 0 Å². The van der Waals surface area contributed by atoms with Crippen LogP contribution >= 0.6 is 0 Å². The van der Waals surface area contributed by atoms with Crippen LogP contribution in [0.15, 0.2) is 0 Å². The first-order valence-corrected chi connectivity index (χ1v) is 5.17. The summed E-state index contributed by atoms with van der Waals surface area (Å²) in [6.07, 6.45) is 3.79. The third-order valence-electron chi connectivity index (χ3n) is 2.61. The van der Waals surface area contributed by atoms with Crippen LogP contribution < -0.4 is 0 Å². The van der Waals surface area contributed by atoms with Gasteiger partial charge < -0.3 is 5.11 Å². The van der Waals surface area contributed by atoms with E-state index in [1.54, 1.807) is 0 Å². The number of hydrogen-bond donors (Lipinski definition) is 1. The Balaban J connectivity index is 2.47. The molecule has 3 nitrogen and oxygen atoms in total. The van der Waals surface area contributed by atoms with Gasteiger partial charge in [-0.25, -0.2) is 0 Å². The van der Waals surface area contributed by atoms with Crippen LogP contribution in [0.5, 0.6) is 0 Å². The summed E-state index contributed by atoms with van der Waals surface area (Å²) in [4.78, 5) is 13.6. The standard InChI is InChI=1S/C10H19NO2/c1-2-6-11(7-8-12)9-4-3-5-10(9)13/h9,12H,2-8H2,1H3. The summed E-state index contributed by atoms with van der Waals surface area (Å²) in [6.45, 7) is 3.83. The maximum absolute atomic E-state index is 11.4. The van der Waals surface area contributed by atoms with Crippen molar-refractivity contribution in [2.75, 3.05) is 19.7 Å². The number of Topliss-reactive ketones (excluding diaryl/α,β-unsaturated/α-hetero) is 1. The van der Waals surface area contributed by atoms with Crippen molar-refractivity contribution in [1.82, 2.24) is 4.90 Å². The number of aliphatic hydroxyl groups is 1. The van der Waals surface area contributed by atoms with Gasteiger partial charge in [0.25, 0.3) is 0 Å². The van der Waals surface area contributed by atoms with Crippen molar-refractivity contribution >= 4 is 5.78 Å². The maximum atomic E-state index is 11.4. The molecular weight excluding hydrogens is 166 g/mol. The fourth-order valence-corrected chi connectivity index (χ4v) is 2.02. The van der Waals surface area contributed by atoms with Gasteiger partial charge in [-0.1, -0.05) is 6.92 Å². The number of hydrogen-bond acceptors (Lipinski definition) is 3. The molecule has 1 rings (SSSR count). The molecule has 0 bridgehead atoms. The summed E-state index contributed by atoms with van der Waals surface area (Å²) >= 11 is 0. The van der Waals surface area contributed by atoms with Gasteiger partial charge >= 0.3 is 0 Å². The molecule has 1 saturated carbocycles. The highest BCUT2D eigenvalue weighted by Crippen LogP contribution is 2.20. The van der Waals surface area contributed by atoms with E-state index in [9.17, 15) is 4.79 Å². The molecule has 1 unspecified atom stereocenters. The number of aliphatic hydroxyl groups excluding tert-OH is 1. The van der Waals surface area contributed by atoms with E-state index >= 15 is 0 Å². The largest absolute Gasteiger partial charge is 0.395 e. The molecule has 0 aliphatic heterocycles. The van der Waals surface area contributed by atoms with E-state index in [2.05, 4.69) is 11.8 Å². The van der Waals surface area contributed by atoms with E-state index in [-0.39, 0.29) is 12.6 Å². The molecule has 0 aromatic carbocycles. The lowest BCUT2D eigenvalue weighted by Gasteiger charge is -2.26. The first-order valence-electron chi connectivity index (χ1n) is 5.17. The number of nitrogens with zero attached hydrogens (tertiary/aromatic N) is 1. The summed E-state index contributed by atoms with van der Waals surface area (Å²) < 4.78 is 0. The van der Waals surface area contributed by atoms with E-state index < -0.39 is 0 Å². The van der Waals surface area contributed by atoms with Crippen molar-refractivity contribution in [3.8, 4) is 0 Å². The topological polar surface area (TPSA) is 40.5 Å². The zero-order chi connectivity index (χ0) is 9.68. The van der Waals surface area contributed by atoms with Gasteiger partial charge in [0.05, 0.1) is 12.6 Å². The minimum Gasteiger partial charge on any atom is -0.395 e. The second-order valence-electron chi connectivity index (χ2n) is 3.63. The van der Waals surface area contributed by atoms with Crippen LogP contribution in [-0.4, -0.2) is 41.5 Å². The normalized spacial score (nSPS) is 23.0. The Hall–Kier alpha value is -0.410. The molecule has 0 radical (unpaired) electrons. The van der Waals surface area contributed by atoms with Gasteiger partial charge in [0.1, 0.15) is 5.78 Å². The van der Waals surface area contributed by atoms with Crippen LogP contribution in [0.2, 0.25) is 0 Å². The highest BCUT2D eigenvalue weighted by Gasteiger charge is 2.28. The molecule has 0 heterocycles. The van der Waals surface area contributed by atoms with Crippen molar-refractivity contribution in [1.29, 1.82) is 0 Å². The molecule has 1 aliphatic rings. The van der Waals surface area contributed by atoms with E-state index in [1.807, 2.05) is 0 Å². The molecule has 76 valence electrons. The Bertz CT molecular complexity index is 164. The lowest BCUT2D eigenvalue weighted by Crippen LogP contribution is -2.40. The van der Waals surface area contributed by atoms with Gasteiger partial charge in [-0.05, 0) is 25.8 Å². The Kier molecular flexibility index (Phi) is 4.39. The third kappa shape index (κ3) is 2.78. The zero-order valence-corrected chi connectivity index (χ0v) is 8.33. The van der Waals surface area contributed by atoms with Crippen molar-refractivity contribution in [2.45, 2.75) is 38.6 Å². The predicted molar refractivity (Wildman–Crippen MR) is 51.6 cm³/mol. The maximum Gasteiger partial charge on any atom is 0.149 e. The lowest BCUT2D eigenvalue weighted by molar-refractivity contribution is -0.122. The highest BCUT2D eigenvalue weighted by molar-refractivity contribution is 5.85. The van der Waals surface area contributed by atoms with E-state index in [1.165, 1.54) is 0 Å². The molecular formula is C10H19NO2. The van der Waals surface area contributed by atoms with Gasteiger partial charge in [-0.15, -0.1) is 0 Å². The molecule has 0 saturated heterocycles. The minimum absolute atomic E-state index is 0.104. The molecule has 0 aromatic heterocycles. The van der Waals surface area contributed by atoms with Crippen LogP contribution in [0.4, 0.5) is 0 Å². The van der Waals surface area contributed by atoms with Crippen molar-refractivity contribution < 1.29 is 9.90 Å². The second-order valence-corrected chi connectivity index (χ2v) is 3.63. The smallest absolute Gasteiger partial charge is 0.149 e. The molecule has 1 atom stereocenters. The van der Waals surface area contributed by atoms with Crippen LogP contribution in [0, 0.1) is 0 Å². The summed E-state index contributed by atoms with van der Waals surface area (Å²) in [5.41, 5.74) is 0. The second kappa shape index (κ2) is 5.35. The highest BCUT2D eigenvalue weighted by atomic mass is 16.3. The quantitative estimate of drug-likeness (QED) is 0.689. The fourth-order valence-electron chi connectivity index (χ4n) is 2.02.